The number of aliphatic hydroxyl groups is 1. The van der Waals surface area contributed by atoms with Crippen LogP contribution in [0.4, 0.5) is 0 Å². The van der Waals surface area contributed by atoms with Crippen molar-refractivity contribution in [2.45, 2.75) is 44.0 Å². The molecule has 252 valence electrons. The molecule has 1 unspecified atom stereocenters. The quantitative estimate of drug-likeness (QED) is 0.123. The summed E-state index contributed by atoms with van der Waals surface area (Å²) in [4.78, 5) is 4.86. The first-order chi connectivity index (χ1) is 22.9. The number of ether oxygens (including phenoxy) is 4. The lowest BCUT2D eigenvalue weighted by Crippen LogP contribution is -2.43. The van der Waals surface area contributed by atoms with Crippen LogP contribution in [0, 0.1) is 0 Å². The van der Waals surface area contributed by atoms with Crippen LogP contribution in [0.1, 0.15) is 36.5 Å². The zero-order valence-corrected chi connectivity index (χ0v) is 28.9. The maximum Gasteiger partial charge on any atom is 0.196 e. The van der Waals surface area contributed by atoms with Gasteiger partial charge >= 0.3 is 0 Å². The molecule has 0 radical (unpaired) electrons. The maximum atomic E-state index is 11.0. The van der Waals surface area contributed by atoms with Gasteiger partial charge in [-0.1, -0.05) is 68.1 Å². The second-order valence-corrected chi connectivity index (χ2v) is 13.2. The van der Waals surface area contributed by atoms with Gasteiger partial charge in [0.25, 0.3) is 0 Å². The van der Waals surface area contributed by atoms with E-state index in [1.165, 1.54) is 17.3 Å². The van der Waals surface area contributed by atoms with Gasteiger partial charge in [-0.15, -0.1) is 10.2 Å². The van der Waals surface area contributed by atoms with E-state index in [2.05, 4.69) is 66.1 Å². The van der Waals surface area contributed by atoms with E-state index in [1.54, 1.807) is 14.2 Å². The summed E-state index contributed by atoms with van der Waals surface area (Å²) in [7, 11) is 5.36. The Kier molecular flexibility index (Phi) is 12.7. The molecule has 1 atom stereocenters. The van der Waals surface area contributed by atoms with E-state index in [-0.39, 0.29) is 19.5 Å². The van der Waals surface area contributed by atoms with E-state index >= 15 is 0 Å². The molecule has 1 aliphatic heterocycles. The highest BCUT2D eigenvalue weighted by Crippen LogP contribution is 2.40. The number of likely N-dealkylation sites (N-methyl/N-ethyl adjacent to an activating group) is 1. The third-order valence-electron chi connectivity index (χ3n) is 8.19. The summed E-state index contributed by atoms with van der Waals surface area (Å²) in [6, 6.07) is 22.6. The maximum absolute atomic E-state index is 11.0. The Hall–Kier alpha value is -3.45. The number of aliphatic hydroxyl groups excluding tert-OH is 1. The van der Waals surface area contributed by atoms with Crippen LogP contribution in [0.2, 0.25) is 0 Å². The van der Waals surface area contributed by atoms with Crippen molar-refractivity contribution in [2.75, 3.05) is 66.8 Å². The van der Waals surface area contributed by atoms with Gasteiger partial charge in [-0.2, -0.15) is 0 Å². The lowest BCUT2D eigenvalue weighted by atomic mass is 9.98. The Morgan fingerprint density at radius 3 is 2.17 bits per heavy atom. The van der Waals surface area contributed by atoms with Crippen molar-refractivity contribution in [3.05, 3.63) is 83.4 Å². The molecule has 0 amide bonds. The summed E-state index contributed by atoms with van der Waals surface area (Å²) in [5, 5.41) is 21.0. The van der Waals surface area contributed by atoms with E-state index in [0.717, 1.165) is 55.1 Å². The number of piperazine rings is 1. The molecule has 5 rings (SSSR count). The van der Waals surface area contributed by atoms with E-state index in [9.17, 15) is 5.11 Å². The van der Waals surface area contributed by atoms with Crippen LogP contribution in [-0.2, 0) is 22.4 Å². The van der Waals surface area contributed by atoms with Crippen molar-refractivity contribution in [1.82, 2.24) is 24.6 Å². The first kappa shape index (κ1) is 34.9. The molecule has 11 heteroatoms. The molecule has 47 heavy (non-hydrogen) atoms. The second kappa shape index (κ2) is 17.1. The van der Waals surface area contributed by atoms with Gasteiger partial charge in [0, 0.05) is 64.4 Å². The molecule has 10 nitrogen and oxygen atoms in total. The molecule has 4 aromatic rings. The standard InChI is InChI=1S/C36H47N5O5S/c1-26(2)31-20-32(34(46-25-44-5)21-33(31)45-24-43-4)35-37-38-36(47-23-30(42)19-27-9-7-6-8-10-27)41(35)29-13-11-28(12-14-29)22-40-17-15-39(3)16-18-40/h6-14,20-21,26,30,42H,15-19,22-25H2,1-5H3. The third kappa shape index (κ3) is 9.34. The molecule has 0 aliphatic carbocycles. The van der Waals surface area contributed by atoms with Crippen molar-refractivity contribution >= 4 is 11.8 Å². The fraction of sp³-hybridized carbons (Fsp3) is 0.444. The van der Waals surface area contributed by atoms with Crippen molar-refractivity contribution in [2.24, 2.45) is 0 Å². The van der Waals surface area contributed by atoms with Crippen LogP contribution in [-0.4, -0.2) is 103 Å². The number of aromatic nitrogens is 3. The molecule has 0 bridgehead atoms. The molecule has 1 aliphatic rings. The van der Waals surface area contributed by atoms with Crippen molar-refractivity contribution in [3.8, 4) is 28.6 Å². The summed E-state index contributed by atoms with van der Waals surface area (Å²) in [5.74, 6) is 2.48. The lowest BCUT2D eigenvalue weighted by Gasteiger charge is -2.32. The highest BCUT2D eigenvalue weighted by atomic mass is 32.2. The highest BCUT2D eigenvalue weighted by Gasteiger charge is 2.24. The van der Waals surface area contributed by atoms with Gasteiger partial charge in [0.15, 0.2) is 24.6 Å². The Balaban J connectivity index is 1.51. The number of hydrogen-bond acceptors (Lipinski definition) is 10. The van der Waals surface area contributed by atoms with Crippen LogP contribution in [0.3, 0.4) is 0 Å². The summed E-state index contributed by atoms with van der Waals surface area (Å²) in [6.07, 6.45) is 0.0122. The molecule has 0 spiro atoms. The largest absolute Gasteiger partial charge is 0.467 e. The minimum Gasteiger partial charge on any atom is -0.467 e. The Bertz CT molecular complexity index is 1540. The molecular weight excluding hydrogens is 614 g/mol. The SMILES string of the molecule is COCOc1cc(OCOC)c(C(C)C)cc1-c1nnc(SCC(O)Cc2ccccc2)n1-c1ccc(CN2CCN(C)CC2)cc1. The number of rotatable bonds is 16. The minimum absolute atomic E-state index is 0.0557. The lowest BCUT2D eigenvalue weighted by molar-refractivity contribution is 0.0457. The van der Waals surface area contributed by atoms with Crippen LogP contribution in [0.5, 0.6) is 11.5 Å². The monoisotopic (exact) mass is 661 g/mol. The normalized spacial score (nSPS) is 14.9. The summed E-state index contributed by atoms with van der Waals surface area (Å²) in [6.45, 7) is 9.61. The van der Waals surface area contributed by atoms with Gasteiger partial charge < -0.3 is 29.0 Å². The molecule has 1 aromatic heterocycles. The molecule has 1 fully saturated rings. The van der Waals surface area contributed by atoms with Gasteiger partial charge in [0.05, 0.1) is 11.7 Å². The number of methoxy groups -OCH3 is 2. The molecule has 0 saturated carbocycles. The fourth-order valence-electron chi connectivity index (χ4n) is 5.59. The molecule has 1 saturated heterocycles. The highest BCUT2D eigenvalue weighted by molar-refractivity contribution is 7.99. The van der Waals surface area contributed by atoms with Gasteiger partial charge in [-0.3, -0.25) is 9.47 Å². The zero-order valence-electron chi connectivity index (χ0n) is 28.1. The summed E-state index contributed by atoms with van der Waals surface area (Å²) >= 11 is 1.49. The van der Waals surface area contributed by atoms with Crippen LogP contribution in [0.15, 0.2) is 71.9 Å². The van der Waals surface area contributed by atoms with Gasteiger partial charge in [0.2, 0.25) is 0 Å². The van der Waals surface area contributed by atoms with Crippen molar-refractivity contribution in [1.29, 1.82) is 0 Å². The number of thioether (sulfide) groups is 1. The smallest absolute Gasteiger partial charge is 0.196 e. The summed E-state index contributed by atoms with van der Waals surface area (Å²) < 4.78 is 24.6. The van der Waals surface area contributed by atoms with E-state index in [1.807, 2.05) is 41.0 Å². The molecule has 3 aromatic carbocycles. The first-order valence-corrected chi connectivity index (χ1v) is 17.1. The number of hydrogen-bond donors (Lipinski definition) is 1. The van der Waals surface area contributed by atoms with Gasteiger partial charge in [-0.05, 0) is 54.3 Å². The van der Waals surface area contributed by atoms with Gasteiger partial charge in [-0.25, -0.2) is 0 Å². The van der Waals surface area contributed by atoms with Crippen LogP contribution < -0.4 is 9.47 Å². The zero-order chi connectivity index (χ0) is 33.2. The fourth-order valence-corrected chi connectivity index (χ4v) is 6.47. The Morgan fingerprint density at radius 2 is 1.51 bits per heavy atom. The van der Waals surface area contributed by atoms with Crippen molar-refractivity contribution < 1.29 is 24.1 Å². The topological polar surface area (TPSA) is 94.3 Å². The van der Waals surface area contributed by atoms with Crippen molar-refractivity contribution in [3.63, 3.8) is 0 Å². The predicted octanol–water partition coefficient (Wildman–Crippen LogP) is 5.47. The number of benzene rings is 3. The minimum atomic E-state index is -0.549. The van der Waals surface area contributed by atoms with E-state index in [0.29, 0.717) is 34.7 Å². The number of nitrogens with zero attached hydrogens (tertiary/aromatic N) is 5. The Morgan fingerprint density at radius 1 is 0.830 bits per heavy atom. The predicted molar refractivity (Wildman–Crippen MR) is 186 cm³/mol. The van der Waals surface area contributed by atoms with Crippen LogP contribution in [0.25, 0.3) is 17.1 Å². The summed E-state index contributed by atoms with van der Waals surface area (Å²) in [5.41, 5.74) is 5.03. The average molecular weight is 662 g/mol. The Labute approximate surface area is 282 Å². The average Bonchev–Trinajstić information content (AvgIpc) is 3.50. The second-order valence-electron chi connectivity index (χ2n) is 12.2. The molecule has 2 heterocycles. The third-order valence-corrected chi connectivity index (χ3v) is 9.26. The first-order valence-electron chi connectivity index (χ1n) is 16.1. The van der Waals surface area contributed by atoms with Gasteiger partial charge in [0.1, 0.15) is 11.5 Å². The van der Waals surface area contributed by atoms with E-state index < -0.39 is 6.10 Å². The van der Waals surface area contributed by atoms with Crippen LogP contribution >= 0.6 is 11.8 Å². The molecule has 1 N–H and O–H groups in total. The molecular formula is C36H47N5O5S. The van der Waals surface area contributed by atoms with E-state index in [4.69, 9.17) is 24.0 Å².